The highest BCUT2D eigenvalue weighted by atomic mass is 16.3. The van der Waals surface area contributed by atoms with Gasteiger partial charge in [-0.2, -0.15) is 0 Å². The highest BCUT2D eigenvalue weighted by molar-refractivity contribution is 5.98. The number of nitrogens with one attached hydrogen (secondary N) is 1. The van der Waals surface area contributed by atoms with Crippen LogP contribution in [-0.2, 0) is 9.59 Å². The second-order valence-electron chi connectivity index (χ2n) is 9.52. The fraction of sp³-hybridized carbons (Fsp3) is 0.480. The van der Waals surface area contributed by atoms with Crippen molar-refractivity contribution in [2.24, 2.45) is 11.8 Å². The number of carbonyl (C=O) groups is 3. The van der Waals surface area contributed by atoms with Crippen LogP contribution in [-0.4, -0.2) is 83.8 Å². The number of rotatable bonds is 4. The van der Waals surface area contributed by atoms with Gasteiger partial charge in [0.05, 0.1) is 29.8 Å². The van der Waals surface area contributed by atoms with Crippen molar-refractivity contribution in [3.63, 3.8) is 0 Å². The Kier molecular flexibility index (Phi) is 6.14. The number of hydrazine groups is 1. The zero-order valence-electron chi connectivity index (χ0n) is 19.6. The Morgan fingerprint density at radius 3 is 2.32 bits per heavy atom. The van der Waals surface area contributed by atoms with Crippen LogP contribution in [0.4, 0.5) is 5.69 Å². The Hall–Kier alpha value is -3.17. The zero-order chi connectivity index (χ0) is 23.8. The molecule has 180 valence electrons. The van der Waals surface area contributed by atoms with Gasteiger partial charge < -0.3 is 14.2 Å². The van der Waals surface area contributed by atoms with Crippen LogP contribution in [0.15, 0.2) is 53.1 Å². The lowest BCUT2D eigenvalue weighted by Crippen LogP contribution is -2.60. The minimum atomic E-state index is -0.342. The predicted octanol–water partition coefficient (Wildman–Crippen LogP) is 1.44. The monoisotopic (exact) mass is 465 g/mol. The van der Waals surface area contributed by atoms with Gasteiger partial charge in [0.15, 0.2) is 5.76 Å². The van der Waals surface area contributed by atoms with Crippen molar-refractivity contribution in [3.8, 4) is 0 Å². The van der Waals surface area contributed by atoms with Crippen LogP contribution in [0, 0.1) is 11.8 Å². The third kappa shape index (κ3) is 4.10. The van der Waals surface area contributed by atoms with E-state index in [1.165, 1.54) is 6.26 Å². The molecule has 0 radical (unpaired) electrons. The van der Waals surface area contributed by atoms with E-state index in [9.17, 15) is 14.4 Å². The van der Waals surface area contributed by atoms with Crippen LogP contribution in [0.5, 0.6) is 0 Å². The number of amides is 3. The molecule has 0 spiro atoms. The molecule has 0 aliphatic carbocycles. The van der Waals surface area contributed by atoms with Crippen LogP contribution < -0.4 is 10.4 Å². The number of fused-ring (bicyclic) bond motifs is 1. The van der Waals surface area contributed by atoms with E-state index >= 15 is 0 Å². The lowest BCUT2D eigenvalue weighted by atomic mass is 9.83. The normalized spacial score (nSPS) is 25.7. The molecule has 5 rings (SSSR count). The van der Waals surface area contributed by atoms with Gasteiger partial charge >= 0.3 is 0 Å². The van der Waals surface area contributed by atoms with Crippen molar-refractivity contribution in [2.45, 2.75) is 25.9 Å². The van der Waals surface area contributed by atoms with Gasteiger partial charge in [0.1, 0.15) is 0 Å². The maximum Gasteiger partial charge on any atom is 0.289 e. The summed E-state index contributed by atoms with van der Waals surface area (Å²) in [6.07, 6.45) is 1.49. The van der Waals surface area contributed by atoms with Gasteiger partial charge in [0, 0.05) is 45.3 Å². The number of nitrogens with zero attached hydrogens (tertiary/aromatic N) is 4. The van der Waals surface area contributed by atoms with Gasteiger partial charge in [-0.1, -0.05) is 18.2 Å². The summed E-state index contributed by atoms with van der Waals surface area (Å²) in [7, 11) is 0. The van der Waals surface area contributed by atoms with Gasteiger partial charge in [-0.15, -0.1) is 0 Å². The van der Waals surface area contributed by atoms with E-state index in [0.717, 1.165) is 5.69 Å². The molecule has 3 aliphatic heterocycles. The maximum atomic E-state index is 13.7. The fourth-order valence-corrected chi connectivity index (χ4v) is 5.23. The summed E-state index contributed by atoms with van der Waals surface area (Å²) in [6, 6.07) is 12.8. The molecule has 0 bridgehead atoms. The molecule has 34 heavy (non-hydrogen) atoms. The molecule has 0 saturated carbocycles. The van der Waals surface area contributed by atoms with Gasteiger partial charge in [-0.25, -0.2) is 10.4 Å². The van der Waals surface area contributed by atoms with Crippen molar-refractivity contribution in [1.82, 2.24) is 20.1 Å². The number of likely N-dealkylation sites (tertiary alicyclic amines) is 1. The van der Waals surface area contributed by atoms with Crippen LogP contribution in [0.3, 0.4) is 0 Å². The maximum absolute atomic E-state index is 13.7. The molecule has 2 aromatic rings. The predicted molar refractivity (Wildman–Crippen MR) is 126 cm³/mol. The van der Waals surface area contributed by atoms with E-state index < -0.39 is 0 Å². The second-order valence-corrected chi connectivity index (χ2v) is 9.52. The molecule has 4 heterocycles. The van der Waals surface area contributed by atoms with Crippen molar-refractivity contribution in [3.05, 3.63) is 54.5 Å². The molecule has 1 N–H and O–H groups in total. The molecule has 3 atom stereocenters. The summed E-state index contributed by atoms with van der Waals surface area (Å²) in [4.78, 5) is 45.4. The number of piperazine rings is 1. The van der Waals surface area contributed by atoms with E-state index in [4.69, 9.17) is 4.42 Å². The topological polar surface area (TPSA) is 89.3 Å². The molecule has 1 aromatic carbocycles. The standard InChI is InChI=1S/C25H31N5O4/c1-17(2)29-15-19(22-20(16-29)24(32)30(26-22)18-7-4-3-5-8-18)23(31)27-10-12-28(13-11-27)25(33)21-9-6-14-34-21/h3-9,14,17,19-20,22,26H,10-13,15-16H2,1-2H3. The smallest absolute Gasteiger partial charge is 0.289 e. The number of hydrogen-bond acceptors (Lipinski definition) is 6. The lowest BCUT2D eigenvalue weighted by molar-refractivity contribution is -0.141. The Morgan fingerprint density at radius 1 is 0.971 bits per heavy atom. The highest BCUT2D eigenvalue weighted by Gasteiger charge is 2.52. The van der Waals surface area contributed by atoms with Crippen molar-refractivity contribution in [1.29, 1.82) is 0 Å². The average Bonchev–Trinajstić information content (AvgIpc) is 3.52. The van der Waals surface area contributed by atoms with Gasteiger partial charge in [0.2, 0.25) is 11.8 Å². The first-order valence-corrected chi connectivity index (χ1v) is 11.9. The first-order chi connectivity index (χ1) is 16.4. The van der Waals surface area contributed by atoms with Crippen molar-refractivity contribution < 1.29 is 18.8 Å². The van der Waals surface area contributed by atoms with E-state index in [1.54, 1.807) is 22.0 Å². The van der Waals surface area contributed by atoms with Crippen LogP contribution >= 0.6 is 0 Å². The van der Waals surface area contributed by atoms with Crippen molar-refractivity contribution in [2.75, 3.05) is 44.3 Å². The summed E-state index contributed by atoms with van der Waals surface area (Å²) >= 11 is 0. The van der Waals surface area contributed by atoms with E-state index in [2.05, 4.69) is 24.2 Å². The minimum absolute atomic E-state index is 0.00761. The fourth-order valence-electron chi connectivity index (χ4n) is 5.23. The molecule has 9 heteroatoms. The SMILES string of the molecule is CC(C)N1CC(C(=O)N2CCN(C(=O)c3ccco3)CC2)C2NN(c3ccccc3)C(=O)C2C1. The van der Waals surface area contributed by atoms with Crippen LogP contribution in [0.2, 0.25) is 0 Å². The molecule has 3 unspecified atom stereocenters. The zero-order valence-corrected chi connectivity index (χ0v) is 19.6. The summed E-state index contributed by atoms with van der Waals surface area (Å²) in [5.41, 5.74) is 4.15. The Balaban J connectivity index is 1.31. The van der Waals surface area contributed by atoms with E-state index in [-0.39, 0.29) is 41.6 Å². The largest absolute Gasteiger partial charge is 0.459 e. The first-order valence-electron chi connectivity index (χ1n) is 11.9. The second kappa shape index (κ2) is 9.23. The van der Waals surface area contributed by atoms with E-state index in [0.29, 0.717) is 45.0 Å². The first kappa shape index (κ1) is 22.6. The number of para-hydroxylation sites is 1. The van der Waals surface area contributed by atoms with E-state index in [1.807, 2.05) is 35.2 Å². The molecular formula is C25H31N5O4. The van der Waals surface area contributed by atoms with Gasteiger partial charge in [-0.05, 0) is 38.1 Å². The van der Waals surface area contributed by atoms with Gasteiger partial charge in [-0.3, -0.25) is 19.3 Å². The summed E-state index contributed by atoms with van der Waals surface area (Å²) in [5, 5.41) is 1.61. The highest BCUT2D eigenvalue weighted by Crippen LogP contribution is 2.33. The summed E-state index contributed by atoms with van der Waals surface area (Å²) in [6.45, 7) is 7.30. The quantitative estimate of drug-likeness (QED) is 0.735. The van der Waals surface area contributed by atoms with Crippen molar-refractivity contribution >= 4 is 23.4 Å². The average molecular weight is 466 g/mol. The third-order valence-electron chi connectivity index (χ3n) is 7.22. The number of hydrogen-bond donors (Lipinski definition) is 1. The van der Waals surface area contributed by atoms with Gasteiger partial charge in [0.25, 0.3) is 5.91 Å². The molecule has 1 aromatic heterocycles. The Labute approximate surface area is 199 Å². The Morgan fingerprint density at radius 2 is 1.68 bits per heavy atom. The molecule has 3 saturated heterocycles. The number of benzene rings is 1. The number of anilines is 1. The molecule has 9 nitrogen and oxygen atoms in total. The molecule has 3 fully saturated rings. The molecular weight excluding hydrogens is 434 g/mol. The summed E-state index contributed by atoms with van der Waals surface area (Å²) in [5.74, 6) is -0.411. The summed E-state index contributed by atoms with van der Waals surface area (Å²) < 4.78 is 5.23. The molecule has 3 aliphatic rings. The lowest BCUT2D eigenvalue weighted by Gasteiger charge is -2.43. The minimum Gasteiger partial charge on any atom is -0.459 e. The Bertz CT molecular complexity index is 1030. The number of carbonyl (C=O) groups excluding carboxylic acids is 3. The molecule has 3 amide bonds. The number of piperidine rings is 1. The van der Waals surface area contributed by atoms with Crippen LogP contribution in [0.25, 0.3) is 0 Å². The third-order valence-corrected chi connectivity index (χ3v) is 7.22. The number of furan rings is 1. The van der Waals surface area contributed by atoms with Crippen LogP contribution in [0.1, 0.15) is 24.4 Å².